The lowest BCUT2D eigenvalue weighted by Gasteiger charge is -2.11. The van der Waals surface area contributed by atoms with E-state index >= 15 is 0 Å². The van der Waals surface area contributed by atoms with Crippen LogP contribution in [-0.4, -0.2) is 18.3 Å². The number of aryl methyl sites for hydroxylation is 1. The van der Waals surface area contributed by atoms with E-state index < -0.39 is 0 Å². The van der Waals surface area contributed by atoms with Crippen molar-refractivity contribution in [2.24, 2.45) is 0 Å². The van der Waals surface area contributed by atoms with Crippen LogP contribution < -0.4 is 10.1 Å². The molecule has 0 unspecified atom stereocenters. The molecule has 0 aromatic heterocycles. The molecule has 3 aromatic rings. The fourth-order valence-electron chi connectivity index (χ4n) is 2.63. The van der Waals surface area contributed by atoms with E-state index in [1.807, 2.05) is 78.9 Å². The van der Waals surface area contributed by atoms with E-state index in [0.717, 1.165) is 28.5 Å². The molecular formula is C23H23NO2S. The number of carbonyl (C=O) groups excluding carboxylic acids is 1. The second-order valence-corrected chi connectivity index (χ2v) is 7.15. The summed E-state index contributed by atoms with van der Waals surface area (Å²) in [4.78, 5) is 13.6. The largest absolute Gasteiger partial charge is 0.493 e. The molecule has 0 saturated heterocycles. The number of benzene rings is 3. The lowest BCUT2D eigenvalue weighted by Crippen LogP contribution is -2.13. The van der Waals surface area contributed by atoms with E-state index in [4.69, 9.17) is 4.74 Å². The minimum atomic E-state index is -0.0914. The molecule has 0 saturated carbocycles. The highest BCUT2D eigenvalue weighted by Crippen LogP contribution is 2.24. The molecule has 1 N–H and O–H groups in total. The van der Waals surface area contributed by atoms with Gasteiger partial charge in [0.15, 0.2) is 0 Å². The number of hydrogen-bond donors (Lipinski definition) is 1. The highest BCUT2D eigenvalue weighted by Gasteiger charge is 2.11. The van der Waals surface area contributed by atoms with Crippen molar-refractivity contribution in [3.05, 3.63) is 90.0 Å². The fraction of sp³-hybridized carbons (Fsp3) is 0.174. The number of anilines is 1. The van der Waals surface area contributed by atoms with Crippen molar-refractivity contribution in [1.82, 2.24) is 0 Å². The van der Waals surface area contributed by atoms with Crippen molar-refractivity contribution in [2.45, 2.75) is 18.2 Å². The number of ether oxygens (including phenoxy) is 1. The molecule has 3 nitrogen and oxygen atoms in total. The Morgan fingerprint density at radius 3 is 2.37 bits per heavy atom. The van der Waals surface area contributed by atoms with E-state index in [-0.39, 0.29) is 5.91 Å². The van der Waals surface area contributed by atoms with Crippen LogP contribution >= 0.6 is 11.8 Å². The summed E-state index contributed by atoms with van der Waals surface area (Å²) < 4.78 is 5.72. The van der Waals surface area contributed by atoms with Gasteiger partial charge in [-0.05, 0) is 48.4 Å². The Morgan fingerprint density at radius 2 is 1.63 bits per heavy atom. The van der Waals surface area contributed by atoms with Crippen LogP contribution in [0.3, 0.4) is 0 Å². The third-order valence-electron chi connectivity index (χ3n) is 4.10. The van der Waals surface area contributed by atoms with Gasteiger partial charge in [0.25, 0.3) is 5.91 Å². The summed E-state index contributed by atoms with van der Waals surface area (Å²) in [7, 11) is 0. The molecule has 0 aliphatic carbocycles. The van der Waals surface area contributed by atoms with Gasteiger partial charge >= 0.3 is 0 Å². The van der Waals surface area contributed by atoms with Crippen LogP contribution in [0.25, 0.3) is 0 Å². The summed E-state index contributed by atoms with van der Waals surface area (Å²) in [6, 6.07) is 25.4. The Hall–Kier alpha value is -2.72. The van der Waals surface area contributed by atoms with Gasteiger partial charge in [0.2, 0.25) is 0 Å². The molecule has 4 heteroatoms. The molecule has 0 spiro atoms. The summed E-state index contributed by atoms with van der Waals surface area (Å²) in [6.45, 7) is 2.70. The minimum Gasteiger partial charge on any atom is -0.493 e. The second-order valence-electron chi connectivity index (χ2n) is 6.01. The van der Waals surface area contributed by atoms with Crippen LogP contribution in [0.4, 0.5) is 5.69 Å². The number of thioether (sulfide) groups is 1. The molecule has 0 atom stereocenters. The fourth-order valence-corrected chi connectivity index (χ4v) is 3.51. The molecule has 0 heterocycles. The Bertz CT molecular complexity index is 863. The van der Waals surface area contributed by atoms with Crippen molar-refractivity contribution in [3.63, 3.8) is 0 Å². The van der Waals surface area contributed by atoms with E-state index in [9.17, 15) is 4.79 Å². The molecule has 138 valence electrons. The topological polar surface area (TPSA) is 38.3 Å². The Labute approximate surface area is 164 Å². The van der Waals surface area contributed by atoms with Crippen LogP contribution in [0.15, 0.2) is 83.8 Å². The Morgan fingerprint density at radius 1 is 0.926 bits per heavy atom. The zero-order valence-corrected chi connectivity index (χ0v) is 16.2. The average Bonchev–Trinajstić information content (AvgIpc) is 2.73. The van der Waals surface area contributed by atoms with Crippen LogP contribution in [-0.2, 0) is 6.42 Å². The third-order valence-corrected chi connectivity index (χ3v) is 5.14. The average molecular weight is 378 g/mol. The molecule has 0 aliphatic rings. The first-order valence-electron chi connectivity index (χ1n) is 9.06. The standard InChI is InChI=1S/C23H23NO2S/c1-2-18-12-14-19(15-13-18)24-23(25)21-10-6-7-11-22(21)27-17-16-26-20-8-4-3-5-9-20/h3-15H,2,16-17H2,1H3,(H,24,25). The SMILES string of the molecule is CCc1ccc(NC(=O)c2ccccc2SCCOc2ccccc2)cc1. The number of rotatable bonds is 8. The van der Waals surface area contributed by atoms with E-state index in [2.05, 4.69) is 12.2 Å². The van der Waals surface area contributed by atoms with Crippen LogP contribution in [0.2, 0.25) is 0 Å². The molecular weight excluding hydrogens is 354 g/mol. The summed E-state index contributed by atoms with van der Waals surface area (Å²) in [6.07, 6.45) is 0.985. The zero-order chi connectivity index (χ0) is 18.9. The van der Waals surface area contributed by atoms with Gasteiger partial charge in [0, 0.05) is 16.3 Å². The highest BCUT2D eigenvalue weighted by atomic mass is 32.2. The first-order chi connectivity index (χ1) is 13.3. The predicted octanol–water partition coefficient (Wildman–Crippen LogP) is 5.67. The first-order valence-corrected chi connectivity index (χ1v) is 10.0. The van der Waals surface area contributed by atoms with E-state index in [1.54, 1.807) is 11.8 Å². The minimum absolute atomic E-state index is 0.0914. The maximum Gasteiger partial charge on any atom is 0.256 e. The molecule has 0 radical (unpaired) electrons. The van der Waals surface area contributed by atoms with Crippen molar-refractivity contribution in [3.8, 4) is 5.75 Å². The third kappa shape index (κ3) is 5.63. The second kappa shape index (κ2) is 9.83. The molecule has 27 heavy (non-hydrogen) atoms. The number of hydrogen-bond acceptors (Lipinski definition) is 3. The maximum atomic E-state index is 12.7. The normalized spacial score (nSPS) is 10.4. The molecule has 1 amide bonds. The van der Waals surface area contributed by atoms with Gasteiger partial charge < -0.3 is 10.1 Å². The molecule has 3 rings (SSSR count). The zero-order valence-electron chi connectivity index (χ0n) is 15.4. The number of carbonyl (C=O) groups is 1. The van der Waals surface area contributed by atoms with Gasteiger partial charge in [-0.25, -0.2) is 0 Å². The van der Waals surface area contributed by atoms with Gasteiger partial charge in [-0.15, -0.1) is 11.8 Å². The Balaban J connectivity index is 1.58. The summed E-state index contributed by atoms with van der Waals surface area (Å²) in [5.41, 5.74) is 2.74. The van der Waals surface area contributed by atoms with E-state index in [1.165, 1.54) is 5.56 Å². The Kier molecular flexibility index (Phi) is 6.94. The number of amides is 1. The van der Waals surface area contributed by atoms with Gasteiger partial charge in [-0.2, -0.15) is 0 Å². The van der Waals surface area contributed by atoms with Crippen molar-refractivity contribution >= 4 is 23.4 Å². The summed E-state index contributed by atoms with van der Waals surface area (Å²) >= 11 is 1.63. The van der Waals surface area contributed by atoms with Crippen LogP contribution in [0.5, 0.6) is 5.75 Å². The maximum absolute atomic E-state index is 12.7. The molecule has 0 aliphatic heterocycles. The van der Waals surface area contributed by atoms with Gasteiger partial charge in [-0.1, -0.05) is 49.4 Å². The summed E-state index contributed by atoms with van der Waals surface area (Å²) in [5, 5.41) is 2.98. The van der Waals surface area contributed by atoms with Crippen LogP contribution in [0, 0.1) is 0 Å². The van der Waals surface area contributed by atoms with Gasteiger partial charge in [0.05, 0.1) is 12.2 Å². The van der Waals surface area contributed by atoms with Crippen molar-refractivity contribution in [1.29, 1.82) is 0 Å². The van der Waals surface area contributed by atoms with Crippen molar-refractivity contribution < 1.29 is 9.53 Å². The quantitative estimate of drug-likeness (QED) is 0.406. The number of para-hydroxylation sites is 1. The summed E-state index contributed by atoms with van der Waals surface area (Å²) in [5.74, 6) is 1.54. The lowest BCUT2D eigenvalue weighted by molar-refractivity contribution is 0.102. The first kappa shape index (κ1) is 19.1. The van der Waals surface area contributed by atoms with Crippen molar-refractivity contribution in [2.75, 3.05) is 17.7 Å². The van der Waals surface area contributed by atoms with Crippen LogP contribution in [0.1, 0.15) is 22.8 Å². The molecule has 3 aromatic carbocycles. The number of nitrogens with one attached hydrogen (secondary N) is 1. The smallest absolute Gasteiger partial charge is 0.256 e. The lowest BCUT2D eigenvalue weighted by atomic mass is 10.1. The monoisotopic (exact) mass is 377 g/mol. The van der Waals surface area contributed by atoms with Gasteiger partial charge in [0.1, 0.15) is 5.75 Å². The molecule has 0 fully saturated rings. The molecule has 0 bridgehead atoms. The van der Waals surface area contributed by atoms with E-state index in [0.29, 0.717) is 12.2 Å². The van der Waals surface area contributed by atoms with Gasteiger partial charge in [-0.3, -0.25) is 4.79 Å². The predicted molar refractivity (Wildman–Crippen MR) is 113 cm³/mol. The highest BCUT2D eigenvalue weighted by molar-refractivity contribution is 7.99.